The molecule has 0 aromatic carbocycles. The van der Waals surface area contributed by atoms with Gasteiger partial charge in [0, 0.05) is 0 Å². The minimum absolute atomic E-state index is 0.101. The quantitative estimate of drug-likeness (QED) is 0.342. The zero-order chi connectivity index (χ0) is 19.3. The second-order valence-electron chi connectivity index (χ2n) is 8.25. The summed E-state index contributed by atoms with van der Waals surface area (Å²) in [6.45, 7) is 8.11. The molecular formula is C19H36O4S2. The number of hydrogen-bond donors (Lipinski definition) is 2. The Labute approximate surface area is 161 Å². The van der Waals surface area contributed by atoms with Crippen molar-refractivity contribution in [2.24, 2.45) is 10.8 Å². The summed E-state index contributed by atoms with van der Waals surface area (Å²) in [6.07, 6.45) is 5.79. The molecule has 0 unspecified atom stereocenters. The van der Waals surface area contributed by atoms with E-state index in [9.17, 15) is 9.59 Å². The van der Waals surface area contributed by atoms with Crippen LogP contribution in [0.5, 0.6) is 0 Å². The predicted molar refractivity (Wildman–Crippen MR) is 110 cm³/mol. The first-order chi connectivity index (χ1) is 11.5. The van der Waals surface area contributed by atoms with Crippen molar-refractivity contribution in [1.82, 2.24) is 0 Å². The van der Waals surface area contributed by atoms with Crippen molar-refractivity contribution in [1.29, 1.82) is 0 Å². The fraction of sp³-hybridized carbons (Fsp3) is 0.895. The van der Waals surface area contributed by atoms with Gasteiger partial charge in [0.15, 0.2) is 0 Å². The Morgan fingerprint density at radius 1 is 0.680 bits per heavy atom. The zero-order valence-corrected chi connectivity index (χ0v) is 17.9. The molecule has 148 valence electrons. The molecule has 0 aliphatic carbocycles. The van der Waals surface area contributed by atoms with Crippen LogP contribution in [0.3, 0.4) is 0 Å². The van der Waals surface area contributed by atoms with Crippen LogP contribution in [0.4, 0.5) is 0 Å². The predicted octanol–water partition coefficient (Wildman–Crippen LogP) is 5.41. The van der Waals surface area contributed by atoms with Gasteiger partial charge in [0.2, 0.25) is 0 Å². The standard InChI is InChI=1S/C19H36O4S2/c1-18(2,14-16(20)21)8-5-10-24-12-7-13-25-11-6-9-19(3,4)15-17(22)23/h5-15H2,1-4H3,(H,20,21)(H,22,23). The van der Waals surface area contributed by atoms with Crippen molar-refractivity contribution >= 4 is 35.5 Å². The number of hydrogen-bond acceptors (Lipinski definition) is 4. The second kappa shape index (κ2) is 12.9. The molecule has 25 heavy (non-hydrogen) atoms. The molecule has 0 bridgehead atoms. The number of carboxylic acids is 2. The molecule has 6 heteroatoms. The van der Waals surface area contributed by atoms with Crippen LogP contribution in [0.15, 0.2) is 0 Å². The average Bonchev–Trinajstić information content (AvgIpc) is 2.41. The van der Waals surface area contributed by atoms with Crippen LogP contribution >= 0.6 is 23.5 Å². The largest absolute Gasteiger partial charge is 0.481 e. The molecule has 0 aromatic heterocycles. The number of carboxylic acid groups (broad SMARTS) is 2. The first-order valence-electron chi connectivity index (χ1n) is 9.13. The van der Waals surface area contributed by atoms with E-state index in [1.807, 2.05) is 51.2 Å². The fourth-order valence-corrected chi connectivity index (χ4v) is 4.75. The third-order valence-corrected chi connectivity index (χ3v) is 6.43. The van der Waals surface area contributed by atoms with Gasteiger partial charge in [-0.1, -0.05) is 27.7 Å². The lowest BCUT2D eigenvalue weighted by atomic mass is 9.85. The molecule has 0 atom stereocenters. The highest BCUT2D eigenvalue weighted by atomic mass is 32.2. The molecule has 4 nitrogen and oxygen atoms in total. The summed E-state index contributed by atoms with van der Waals surface area (Å²) in [6, 6.07) is 0. The van der Waals surface area contributed by atoms with Gasteiger partial charge in [-0.15, -0.1) is 0 Å². The number of aliphatic carboxylic acids is 2. The molecule has 0 aromatic rings. The van der Waals surface area contributed by atoms with Gasteiger partial charge < -0.3 is 10.2 Å². The van der Waals surface area contributed by atoms with E-state index in [-0.39, 0.29) is 23.7 Å². The summed E-state index contributed by atoms with van der Waals surface area (Å²) < 4.78 is 0. The summed E-state index contributed by atoms with van der Waals surface area (Å²) in [5, 5.41) is 17.7. The highest BCUT2D eigenvalue weighted by Crippen LogP contribution is 2.28. The normalized spacial score (nSPS) is 12.3. The van der Waals surface area contributed by atoms with E-state index in [1.165, 1.54) is 6.42 Å². The maximum Gasteiger partial charge on any atom is 0.303 e. The summed E-state index contributed by atoms with van der Waals surface area (Å²) >= 11 is 3.92. The number of thioether (sulfide) groups is 2. The SMILES string of the molecule is CC(C)(CCCSCCCSCCCC(C)(C)CC(=O)O)CC(=O)O. The zero-order valence-electron chi connectivity index (χ0n) is 16.3. The lowest BCUT2D eigenvalue weighted by molar-refractivity contribution is -0.140. The van der Waals surface area contributed by atoms with Crippen molar-refractivity contribution in [2.75, 3.05) is 23.0 Å². The number of rotatable bonds is 16. The maximum atomic E-state index is 10.8. The highest BCUT2D eigenvalue weighted by molar-refractivity contribution is 8.00. The minimum atomic E-state index is -0.707. The van der Waals surface area contributed by atoms with Crippen molar-refractivity contribution in [3.05, 3.63) is 0 Å². The molecule has 0 rings (SSSR count). The smallest absolute Gasteiger partial charge is 0.303 e. The Hall–Kier alpha value is -0.360. The molecule has 0 radical (unpaired) electrons. The minimum Gasteiger partial charge on any atom is -0.481 e. The second-order valence-corrected chi connectivity index (χ2v) is 10.7. The van der Waals surface area contributed by atoms with E-state index < -0.39 is 11.9 Å². The van der Waals surface area contributed by atoms with Gasteiger partial charge in [0.05, 0.1) is 12.8 Å². The fourth-order valence-electron chi connectivity index (χ4n) is 2.77. The Bertz CT molecular complexity index is 359. The molecule has 0 aliphatic heterocycles. The van der Waals surface area contributed by atoms with Crippen LogP contribution in [-0.2, 0) is 9.59 Å². The number of carbonyl (C=O) groups is 2. The Morgan fingerprint density at radius 2 is 1.00 bits per heavy atom. The molecular weight excluding hydrogens is 356 g/mol. The average molecular weight is 393 g/mol. The van der Waals surface area contributed by atoms with Crippen LogP contribution in [-0.4, -0.2) is 45.2 Å². The van der Waals surface area contributed by atoms with Crippen LogP contribution in [0.25, 0.3) is 0 Å². The van der Waals surface area contributed by atoms with Crippen molar-refractivity contribution in [3.8, 4) is 0 Å². The van der Waals surface area contributed by atoms with Crippen LogP contribution < -0.4 is 0 Å². The third-order valence-electron chi connectivity index (χ3n) is 4.12. The summed E-state index contributed by atoms with van der Waals surface area (Å²) in [7, 11) is 0. The van der Waals surface area contributed by atoms with Crippen molar-refractivity contribution in [3.63, 3.8) is 0 Å². The molecule has 0 amide bonds. The van der Waals surface area contributed by atoms with E-state index >= 15 is 0 Å². The van der Waals surface area contributed by atoms with E-state index in [2.05, 4.69) is 0 Å². The Balaban J connectivity index is 3.45. The van der Waals surface area contributed by atoms with E-state index in [4.69, 9.17) is 10.2 Å². The molecule has 0 spiro atoms. The third kappa shape index (κ3) is 16.8. The summed E-state index contributed by atoms with van der Waals surface area (Å²) in [5.74, 6) is 3.13. The Morgan fingerprint density at radius 3 is 1.32 bits per heavy atom. The first-order valence-corrected chi connectivity index (χ1v) is 11.4. The van der Waals surface area contributed by atoms with Gasteiger partial charge in [-0.05, 0) is 65.9 Å². The first kappa shape index (κ1) is 24.6. The van der Waals surface area contributed by atoms with Crippen LogP contribution in [0.1, 0.15) is 72.6 Å². The van der Waals surface area contributed by atoms with Gasteiger partial charge in [0.25, 0.3) is 0 Å². The summed E-state index contributed by atoms with van der Waals surface area (Å²) in [5.41, 5.74) is -0.201. The maximum absolute atomic E-state index is 10.8. The molecule has 0 saturated heterocycles. The van der Waals surface area contributed by atoms with Crippen molar-refractivity contribution in [2.45, 2.75) is 72.6 Å². The lowest BCUT2D eigenvalue weighted by Crippen LogP contribution is -2.17. The topological polar surface area (TPSA) is 74.6 Å². The van der Waals surface area contributed by atoms with E-state index in [1.54, 1.807) is 0 Å². The van der Waals surface area contributed by atoms with Gasteiger partial charge >= 0.3 is 11.9 Å². The molecule has 0 saturated carbocycles. The van der Waals surface area contributed by atoms with Gasteiger partial charge in [-0.3, -0.25) is 9.59 Å². The van der Waals surface area contributed by atoms with Gasteiger partial charge in [-0.25, -0.2) is 0 Å². The highest BCUT2D eigenvalue weighted by Gasteiger charge is 2.21. The van der Waals surface area contributed by atoms with E-state index in [0.29, 0.717) is 0 Å². The van der Waals surface area contributed by atoms with Gasteiger partial charge in [0.1, 0.15) is 0 Å². The molecule has 0 fully saturated rings. The summed E-state index contributed by atoms with van der Waals surface area (Å²) in [4.78, 5) is 21.5. The molecule has 2 N–H and O–H groups in total. The van der Waals surface area contributed by atoms with Crippen LogP contribution in [0.2, 0.25) is 0 Å². The van der Waals surface area contributed by atoms with Crippen molar-refractivity contribution < 1.29 is 19.8 Å². The van der Waals surface area contributed by atoms with Gasteiger partial charge in [-0.2, -0.15) is 23.5 Å². The van der Waals surface area contributed by atoms with E-state index in [0.717, 1.165) is 48.7 Å². The van der Waals surface area contributed by atoms with Crippen LogP contribution in [0, 0.1) is 10.8 Å². The monoisotopic (exact) mass is 392 g/mol. The molecule has 0 heterocycles. The molecule has 0 aliphatic rings. The Kier molecular flexibility index (Phi) is 12.7. The lowest BCUT2D eigenvalue weighted by Gasteiger charge is -2.22.